The quantitative estimate of drug-likeness (QED) is 0.488. The van der Waals surface area contributed by atoms with Crippen molar-refractivity contribution in [2.75, 3.05) is 5.32 Å². The number of carbonyl (C=O) groups is 2. The van der Waals surface area contributed by atoms with E-state index in [1.807, 2.05) is 12.1 Å². The SMILES string of the molecule is O=C(NC(=O)c1c(Cl)cccc1Cl)Nc1ccc(OCc2ccc(Cl)cc2)cc1. The van der Waals surface area contributed by atoms with Gasteiger partial charge in [-0.25, -0.2) is 4.79 Å². The van der Waals surface area contributed by atoms with Crippen LogP contribution in [-0.2, 0) is 6.61 Å². The normalized spacial score (nSPS) is 10.3. The van der Waals surface area contributed by atoms with Gasteiger partial charge in [0, 0.05) is 10.7 Å². The molecule has 3 amide bonds. The van der Waals surface area contributed by atoms with Crippen LogP contribution >= 0.6 is 34.8 Å². The lowest BCUT2D eigenvalue weighted by molar-refractivity contribution is 0.0967. The van der Waals surface area contributed by atoms with Crippen LogP contribution in [0, 0.1) is 0 Å². The van der Waals surface area contributed by atoms with Crippen molar-refractivity contribution < 1.29 is 14.3 Å². The summed E-state index contributed by atoms with van der Waals surface area (Å²) < 4.78 is 5.69. The number of halogens is 3. The molecule has 0 aliphatic heterocycles. The van der Waals surface area contributed by atoms with Crippen LogP contribution in [0.1, 0.15) is 15.9 Å². The third kappa shape index (κ3) is 5.87. The molecule has 0 heterocycles. The predicted octanol–water partition coefficient (Wildman–Crippen LogP) is 6.19. The van der Waals surface area contributed by atoms with Crippen molar-refractivity contribution in [3.05, 3.63) is 92.9 Å². The van der Waals surface area contributed by atoms with Crippen molar-refractivity contribution in [3.63, 3.8) is 0 Å². The van der Waals surface area contributed by atoms with E-state index in [9.17, 15) is 9.59 Å². The van der Waals surface area contributed by atoms with E-state index in [2.05, 4.69) is 10.6 Å². The summed E-state index contributed by atoms with van der Waals surface area (Å²) in [5.74, 6) is -0.0640. The maximum Gasteiger partial charge on any atom is 0.326 e. The lowest BCUT2D eigenvalue weighted by Crippen LogP contribution is -2.34. The van der Waals surface area contributed by atoms with Crippen LogP contribution in [0.5, 0.6) is 5.75 Å². The monoisotopic (exact) mass is 448 g/mol. The first kappa shape index (κ1) is 21.0. The largest absolute Gasteiger partial charge is 0.489 e. The average Bonchev–Trinajstić information content (AvgIpc) is 2.68. The highest BCUT2D eigenvalue weighted by molar-refractivity contribution is 6.40. The van der Waals surface area contributed by atoms with Gasteiger partial charge in [0.1, 0.15) is 12.4 Å². The zero-order chi connectivity index (χ0) is 20.8. The number of hydrogen-bond donors (Lipinski definition) is 2. The molecule has 3 aromatic rings. The number of amides is 3. The summed E-state index contributed by atoms with van der Waals surface area (Å²) in [6.45, 7) is 0.386. The van der Waals surface area contributed by atoms with Gasteiger partial charge in [-0.2, -0.15) is 0 Å². The van der Waals surface area contributed by atoms with E-state index in [0.717, 1.165) is 5.56 Å². The van der Waals surface area contributed by atoms with Crippen molar-refractivity contribution in [3.8, 4) is 5.75 Å². The lowest BCUT2D eigenvalue weighted by atomic mass is 10.2. The molecule has 3 rings (SSSR count). The number of ether oxygens (including phenoxy) is 1. The standard InChI is InChI=1S/C21H15Cl3N2O3/c22-14-6-4-13(5-7-14)12-29-16-10-8-15(9-11-16)25-21(28)26-20(27)19-17(23)2-1-3-18(19)24/h1-11H,12H2,(H2,25,26,27,28). The lowest BCUT2D eigenvalue weighted by Gasteiger charge is -2.10. The number of carbonyl (C=O) groups excluding carboxylic acids is 2. The first-order valence-corrected chi connectivity index (χ1v) is 9.59. The summed E-state index contributed by atoms with van der Waals surface area (Å²) in [5, 5.41) is 5.73. The molecule has 0 saturated heterocycles. The molecule has 0 aromatic heterocycles. The van der Waals surface area contributed by atoms with Crippen molar-refractivity contribution in [2.45, 2.75) is 6.61 Å². The molecule has 0 unspecified atom stereocenters. The van der Waals surface area contributed by atoms with E-state index in [1.165, 1.54) is 12.1 Å². The van der Waals surface area contributed by atoms with Gasteiger partial charge in [0.2, 0.25) is 0 Å². The number of urea groups is 1. The van der Waals surface area contributed by atoms with Crippen LogP contribution in [-0.4, -0.2) is 11.9 Å². The Labute approximate surface area is 182 Å². The second kappa shape index (κ2) is 9.65. The summed E-state index contributed by atoms with van der Waals surface area (Å²) in [6.07, 6.45) is 0. The molecule has 0 atom stereocenters. The second-order valence-electron chi connectivity index (χ2n) is 5.94. The molecule has 0 aliphatic carbocycles. The van der Waals surface area contributed by atoms with Crippen LogP contribution in [0.25, 0.3) is 0 Å². The van der Waals surface area contributed by atoms with Gasteiger partial charge in [0.05, 0.1) is 15.6 Å². The molecule has 0 aliphatic rings. The van der Waals surface area contributed by atoms with E-state index < -0.39 is 11.9 Å². The Morgan fingerprint density at radius 1 is 0.828 bits per heavy atom. The predicted molar refractivity (Wildman–Crippen MR) is 115 cm³/mol. The van der Waals surface area contributed by atoms with Gasteiger partial charge < -0.3 is 10.1 Å². The van der Waals surface area contributed by atoms with E-state index >= 15 is 0 Å². The van der Waals surface area contributed by atoms with Gasteiger partial charge in [-0.05, 0) is 54.1 Å². The second-order valence-corrected chi connectivity index (χ2v) is 7.20. The van der Waals surface area contributed by atoms with Gasteiger partial charge in [0.15, 0.2) is 0 Å². The van der Waals surface area contributed by atoms with E-state index in [-0.39, 0.29) is 15.6 Å². The molecule has 3 aromatic carbocycles. The summed E-state index contributed by atoms with van der Waals surface area (Å²) >= 11 is 17.8. The van der Waals surface area contributed by atoms with E-state index in [0.29, 0.717) is 23.1 Å². The van der Waals surface area contributed by atoms with Crippen LogP contribution in [0.2, 0.25) is 15.1 Å². The summed E-state index contributed by atoms with van der Waals surface area (Å²) in [4.78, 5) is 24.3. The molecule has 0 saturated carbocycles. The third-order valence-corrected chi connectivity index (χ3v) is 4.73. The molecular formula is C21H15Cl3N2O3. The molecule has 2 N–H and O–H groups in total. The fourth-order valence-electron chi connectivity index (χ4n) is 2.42. The molecule has 0 radical (unpaired) electrons. The number of benzene rings is 3. The molecule has 0 bridgehead atoms. The van der Waals surface area contributed by atoms with E-state index in [1.54, 1.807) is 42.5 Å². The van der Waals surface area contributed by atoms with Gasteiger partial charge in [-0.15, -0.1) is 0 Å². The van der Waals surface area contributed by atoms with Gasteiger partial charge >= 0.3 is 6.03 Å². The van der Waals surface area contributed by atoms with Crippen LogP contribution < -0.4 is 15.4 Å². The first-order valence-electron chi connectivity index (χ1n) is 8.46. The average molecular weight is 450 g/mol. The molecule has 8 heteroatoms. The zero-order valence-electron chi connectivity index (χ0n) is 14.9. The minimum atomic E-state index is -0.708. The van der Waals surface area contributed by atoms with Crippen LogP contribution in [0.15, 0.2) is 66.7 Å². The molecule has 148 valence electrons. The van der Waals surface area contributed by atoms with Gasteiger partial charge in [0.25, 0.3) is 5.91 Å². The van der Waals surface area contributed by atoms with Gasteiger partial charge in [-0.1, -0.05) is 53.0 Å². The summed E-state index contributed by atoms with van der Waals surface area (Å²) in [5.41, 5.74) is 1.50. The highest BCUT2D eigenvalue weighted by atomic mass is 35.5. The Balaban J connectivity index is 1.54. The summed E-state index contributed by atoms with van der Waals surface area (Å²) in [6, 6.07) is 18.0. The highest BCUT2D eigenvalue weighted by Crippen LogP contribution is 2.24. The number of nitrogens with one attached hydrogen (secondary N) is 2. The van der Waals surface area contributed by atoms with Crippen LogP contribution in [0.3, 0.4) is 0 Å². The minimum Gasteiger partial charge on any atom is -0.489 e. The van der Waals surface area contributed by atoms with Crippen molar-refractivity contribution >= 4 is 52.4 Å². The smallest absolute Gasteiger partial charge is 0.326 e. The highest BCUT2D eigenvalue weighted by Gasteiger charge is 2.17. The number of rotatable bonds is 5. The fourth-order valence-corrected chi connectivity index (χ4v) is 3.12. The Morgan fingerprint density at radius 3 is 2.07 bits per heavy atom. The maximum absolute atomic E-state index is 12.2. The minimum absolute atomic E-state index is 0.0388. The Morgan fingerprint density at radius 2 is 1.45 bits per heavy atom. The van der Waals surface area contributed by atoms with Crippen molar-refractivity contribution in [1.82, 2.24) is 5.32 Å². The van der Waals surface area contributed by atoms with Crippen molar-refractivity contribution in [2.24, 2.45) is 0 Å². The molecule has 0 fully saturated rings. The first-order chi connectivity index (χ1) is 13.9. The third-order valence-electron chi connectivity index (χ3n) is 3.85. The summed E-state index contributed by atoms with van der Waals surface area (Å²) in [7, 11) is 0. The van der Waals surface area contributed by atoms with Gasteiger partial charge in [-0.3, -0.25) is 10.1 Å². The molecule has 5 nitrogen and oxygen atoms in total. The Bertz CT molecular complexity index is 1000. The fraction of sp³-hybridized carbons (Fsp3) is 0.0476. The maximum atomic E-state index is 12.2. The molecule has 29 heavy (non-hydrogen) atoms. The van der Waals surface area contributed by atoms with Crippen molar-refractivity contribution in [1.29, 1.82) is 0 Å². The Kier molecular flexibility index (Phi) is 6.99. The zero-order valence-corrected chi connectivity index (χ0v) is 17.2. The van der Waals surface area contributed by atoms with E-state index in [4.69, 9.17) is 39.5 Å². The van der Waals surface area contributed by atoms with Crippen LogP contribution in [0.4, 0.5) is 10.5 Å². The number of imide groups is 1. The molecular weight excluding hydrogens is 435 g/mol. The Hall–Kier alpha value is -2.73. The molecule has 0 spiro atoms. The number of anilines is 1. The number of hydrogen-bond acceptors (Lipinski definition) is 3. The topological polar surface area (TPSA) is 67.4 Å².